The fourth-order valence-corrected chi connectivity index (χ4v) is 2.38. The number of hydrogen-bond acceptors (Lipinski definition) is 4. The lowest BCUT2D eigenvalue weighted by Gasteiger charge is -2.17. The molecule has 2 unspecified atom stereocenters. The Morgan fingerprint density at radius 3 is 2.75 bits per heavy atom. The molecule has 0 bridgehead atoms. The first kappa shape index (κ1) is 14.5. The molecule has 0 amide bonds. The van der Waals surface area contributed by atoms with Crippen molar-refractivity contribution < 1.29 is 0 Å². The third-order valence-corrected chi connectivity index (χ3v) is 3.80. The van der Waals surface area contributed by atoms with E-state index in [2.05, 4.69) is 36.3 Å². The largest absolute Gasteiger partial charge is 0.398 e. The number of aromatic nitrogens is 4. The van der Waals surface area contributed by atoms with Crippen LogP contribution >= 0.6 is 0 Å². The van der Waals surface area contributed by atoms with Crippen molar-refractivity contribution >= 4 is 5.69 Å². The second-order valence-corrected chi connectivity index (χ2v) is 5.64. The van der Waals surface area contributed by atoms with Gasteiger partial charge in [-0.05, 0) is 48.7 Å². The molecule has 1 aromatic carbocycles. The summed E-state index contributed by atoms with van der Waals surface area (Å²) in [5.74, 6) is 1.40. The molecule has 2 aromatic rings. The second kappa shape index (κ2) is 6.03. The SMILES string of the molecule is CCC(C)CC(C)n1nnnc1-c1cc(C)ccc1N. The zero-order chi connectivity index (χ0) is 14.7. The Morgan fingerprint density at radius 2 is 2.05 bits per heavy atom. The quantitative estimate of drug-likeness (QED) is 0.849. The number of rotatable bonds is 5. The van der Waals surface area contributed by atoms with Crippen LogP contribution in [0.1, 0.15) is 45.2 Å². The lowest BCUT2D eigenvalue weighted by Crippen LogP contribution is -2.13. The third kappa shape index (κ3) is 2.98. The van der Waals surface area contributed by atoms with Crippen molar-refractivity contribution in [2.75, 3.05) is 5.73 Å². The van der Waals surface area contributed by atoms with E-state index < -0.39 is 0 Å². The van der Waals surface area contributed by atoms with Crippen LogP contribution in [0.3, 0.4) is 0 Å². The van der Waals surface area contributed by atoms with Gasteiger partial charge in [0.15, 0.2) is 5.82 Å². The van der Waals surface area contributed by atoms with Crippen molar-refractivity contribution in [1.29, 1.82) is 0 Å². The van der Waals surface area contributed by atoms with Crippen molar-refractivity contribution in [2.45, 2.75) is 46.6 Å². The van der Waals surface area contributed by atoms with Crippen LogP contribution in [0.15, 0.2) is 18.2 Å². The summed E-state index contributed by atoms with van der Waals surface area (Å²) in [6.07, 6.45) is 2.22. The smallest absolute Gasteiger partial charge is 0.184 e. The second-order valence-electron chi connectivity index (χ2n) is 5.64. The zero-order valence-corrected chi connectivity index (χ0v) is 12.7. The van der Waals surface area contributed by atoms with Gasteiger partial charge in [0.25, 0.3) is 0 Å². The molecule has 20 heavy (non-hydrogen) atoms. The van der Waals surface area contributed by atoms with Gasteiger partial charge in [-0.15, -0.1) is 5.10 Å². The normalized spacial score (nSPS) is 14.2. The van der Waals surface area contributed by atoms with Gasteiger partial charge in [-0.25, -0.2) is 4.68 Å². The van der Waals surface area contributed by atoms with E-state index >= 15 is 0 Å². The number of nitrogens with two attached hydrogens (primary N) is 1. The molecule has 0 saturated carbocycles. The molecule has 0 fully saturated rings. The molecule has 0 aliphatic heterocycles. The van der Waals surface area contributed by atoms with Gasteiger partial charge in [-0.3, -0.25) is 0 Å². The van der Waals surface area contributed by atoms with Crippen LogP contribution in [-0.2, 0) is 0 Å². The minimum Gasteiger partial charge on any atom is -0.398 e. The highest BCUT2D eigenvalue weighted by molar-refractivity contribution is 5.72. The molecule has 0 aliphatic carbocycles. The third-order valence-electron chi connectivity index (χ3n) is 3.80. The highest BCUT2D eigenvalue weighted by atomic mass is 15.5. The first-order valence-electron chi connectivity index (χ1n) is 7.17. The van der Waals surface area contributed by atoms with E-state index in [9.17, 15) is 0 Å². The summed E-state index contributed by atoms with van der Waals surface area (Å²) in [4.78, 5) is 0. The van der Waals surface area contributed by atoms with E-state index in [1.807, 2.05) is 29.8 Å². The summed E-state index contributed by atoms with van der Waals surface area (Å²) in [5, 5.41) is 12.1. The summed E-state index contributed by atoms with van der Waals surface area (Å²) in [7, 11) is 0. The molecule has 0 aliphatic rings. The van der Waals surface area contributed by atoms with E-state index in [0.717, 1.165) is 29.8 Å². The average molecular weight is 273 g/mol. The number of benzene rings is 1. The van der Waals surface area contributed by atoms with Gasteiger partial charge in [0.1, 0.15) is 0 Å². The highest BCUT2D eigenvalue weighted by Crippen LogP contribution is 2.28. The first-order chi connectivity index (χ1) is 9.52. The molecular weight excluding hydrogens is 250 g/mol. The number of hydrogen-bond donors (Lipinski definition) is 1. The highest BCUT2D eigenvalue weighted by Gasteiger charge is 2.18. The van der Waals surface area contributed by atoms with Crippen LogP contribution in [0.4, 0.5) is 5.69 Å². The number of aryl methyl sites for hydroxylation is 1. The summed E-state index contributed by atoms with van der Waals surface area (Å²) in [5.41, 5.74) is 8.84. The van der Waals surface area contributed by atoms with E-state index in [4.69, 9.17) is 5.73 Å². The van der Waals surface area contributed by atoms with Crippen molar-refractivity contribution in [3.8, 4) is 11.4 Å². The summed E-state index contributed by atoms with van der Waals surface area (Å²) in [6.45, 7) is 8.65. The van der Waals surface area contributed by atoms with E-state index in [-0.39, 0.29) is 6.04 Å². The Morgan fingerprint density at radius 1 is 1.30 bits per heavy atom. The lowest BCUT2D eigenvalue weighted by molar-refractivity contribution is 0.371. The van der Waals surface area contributed by atoms with Crippen LogP contribution in [-0.4, -0.2) is 20.2 Å². The van der Waals surface area contributed by atoms with Crippen molar-refractivity contribution in [3.05, 3.63) is 23.8 Å². The molecule has 1 aromatic heterocycles. The monoisotopic (exact) mass is 273 g/mol. The predicted molar refractivity (Wildman–Crippen MR) is 81.2 cm³/mol. The molecule has 2 atom stereocenters. The van der Waals surface area contributed by atoms with Crippen molar-refractivity contribution in [1.82, 2.24) is 20.2 Å². The van der Waals surface area contributed by atoms with E-state index in [0.29, 0.717) is 11.6 Å². The molecule has 0 radical (unpaired) electrons. The van der Waals surface area contributed by atoms with Gasteiger partial charge in [0, 0.05) is 11.3 Å². The molecule has 5 nitrogen and oxygen atoms in total. The van der Waals surface area contributed by atoms with Gasteiger partial charge in [0.05, 0.1) is 6.04 Å². The molecule has 2 N–H and O–H groups in total. The molecule has 0 spiro atoms. The fraction of sp³-hybridized carbons (Fsp3) is 0.533. The Hall–Kier alpha value is -1.91. The molecule has 0 saturated heterocycles. The Labute approximate surface area is 120 Å². The maximum atomic E-state index is 6.07. The van der Waals surface area contributed by atoms with Gasteiger partial charge in [-0.2, -0.15) is 0 Å². The van der Waals surface area contributed by atoms with Crippen LogP contribution in [0.25, 0.3) is 11.4 Å². The van der Waals surface area contributed by atoms with Crippen molar-refractivity contribution in [3.63, 3.8) is 0 Å². The number of nitrogen functional groups attached to an aromatic ring is 1. The molecule has 5 heteroatoms. The van der Waals surface area contributed by atoms with Crippen molar-refractivity contribution in [2.24, 2.45) is 5.92 Å². The van der Waals surface area contributed by atoms with Crippen LogP contribution in [0.5, 0.6) is 0 Å². The predicted octanol–water partition coefficient (Wildman–Crippen LogP) is 3.23. The van der Waals surface area contributed by atoms with Crippen LogP contribution < -0.4 is 5.73 Å². The molecule has 108 valence electrons. The van der Waals surface area contributed by atoms with Gasteiger partial charge >= 0.3 is 0 Å². The summed E-state index contributed by atoms with van der Waals surface area (Å²) >= 11 is 0. The number of tetrazole rings is 1. The number of anilines is 1. The topological polar surface area (TPSA) is 69.6 Å². The van der Waals surface area contributed by atoms with Gasteiger partial charge < -0.3 is 5.73 Å². The minimum absolute atomic E-state index is 0.259. The summed E-state index contributed by atoms with van der Waals surface area (Å²) in [6, 6.07) is 6.20. The van der Waals surface area contributed by atoms with Gasteiger partial charge in [0.2, 0.25) is 0 Å². The van der Waals surface area contributed by atoms with E-state index in [1.165, 1.54) is 0 Å². The Kier molecular flexibility index (Phi) is 4.37. The van der Waals surface area contributed by atoms with Crippen LogP contribution in [0, 0.1) is 12.8 Å². The number of nitrogens with zero attached hydrogens (tertiary/aromatic N) is 4. The maximum absolute atomic E-state index is 6.07. The minimum atomic E-state index is 0.259. The fourth-order valence-electron chi connectivity index (χ4n) is 2.38. The Bertz CT molecular complexity index is 575. The van der Waals surface area contributed by atoms with Crippen LogP contribution in [0.2, 0.25) is 0 Å². The van der Waals surface area contributed by atoms with Gasteiger partial charge in [-0.1, -0.05) is 31.9 Å². The van der Waals surface area contributed by atoms with E-state index in [1.54, 1.807) is 0 Å². The Balaban J connectivity index is 2.35. The molecule has 2 rings (SSSR count). The standard InChI is InChI=1S/C15H23N5/c1-5-10(2)8-12(4)20-15(17-18-19-20)13-9-11(3)6-7-14(13)16/h6-7,9-10,12H,5,8,16H2,1-4H3. The maximum Gasteiger partial charge on any atom is 0.184 e. The summed E-state index contributed by atoms with van der Waals surface area (Å²) < 4.78 is 1.89. The molecular formula is C15H23N5. The zero-order valence-electron chi connectivity index (χ0n) is 12.7. The molecule has 1 heterocycles. The first-order valence-corrected chi connectivity index (χ1v) is 7.17. The average Bonchev–Trinajstić information content (AvgIpc) is 2.90. The lowest BCUT2D eigenvalue weighted by atomic mass is 10.00.